The topological polar surface area (TPSA) is 25.0 Å². The van der Waals surface area contributed by atoms with E-state index in [2.05, 4.69) is 23.4 Å². The number of nitrogens with one attached hydrogen (secondary N) is 1. The number of ether oxygens (including phenoxy) is 1. The van der Waals surface area contributed by atoms with Gasteiger partial charge in [0.1, 0.15) is 5.75 Å². The lowest BCUT2D eigenvalue weighted by Crippen LogP contribution is -1.99. The molecule has 2 rings (SSSR count). The maximum atomic E-state index is 5.59. The predicted octanol–water partition coefficient (Wildman–Crippen LogP) is 2.91. The Kier molecular flexibility index (Phi) is 2.99. The van der Waals surface area contributed by atoms with Crippen molar-refractivity contribution in [2.24, 2.45) is 0 Å². The SMILES string of the molecule is CSCCOc1ccc2[nH]ccc2c1. The zero-order chi connectivity index (χ0) is 9.80. The summed E-state index contributed by atoms with van der Waals surface area (Å²) in [5, 5.41) is 1.20. The first-order chi connectivity index (χ1) is 6.90. The van der Waals surface area contributed by atoms with Gasteiger partial charge >= 0.3 is 0 Å². The minimum Gasteiger partial charge on any atom is -0.493 e. The molecule has 2 aromatic rings. The van der Waals surface area contributed by atoms with Crippen molar-refractivity contribution in [3.8, 4) is 5.75 Å². The van der Waals surface area contributed by atoms with Crippen molar-refractivity contribution >= 4 is 22.7 Å². The third kappa shape index (κ3) is 2.04. The average Bonchev–Trinajstić information content (AvgIpc) is 2.65. The zero-order valence-corrected chi connectivity index (χ0v) is 8.93. The minimum absolute atomic E-state index is 0.775. The van der Waals surface area contributed by atoms with E-state index in [0.29, 0.717) is 0 Å². The van der Waals surface area contributed by atoms with Crippen LogP contribution in [-0.4, -0.2) is 23.6 Å². The maximum Gasteiger partial charge on any atom is 0.120 e. The highest BCUT2D eigenvalue weighted by Crippen LogP contribution is 2.19. The predicted molar refractivity (Wildman–Crippen MR) is 62.2 cm³/mol. The van der Waals surface area contributed by atoms with Crippen molar-refractivity contribution < 1.29 is 4.74 Å². The average molecular weight is 207 g/mol. The molecule has 1 aromatic heterocycles. The first-order valence-corrected chi connectivity index (χ1v) is 5.98. The van der Waals surface area contributed by atoms with E-state index in [1.807, 2.05) is 18.3 Å². The normalized spacial score (nSPS) is 10.6. The maximum absolute atomic E-state index is 5.59. The highest BCUT2D eigenvalue weighted by atomic mass is 32.2. The molecule has 0 aliphatic rings. The third-order valence-corrected chi connectivity index (χ3v) is 2.66. The molecule has 1 heterocycles. The Bertz CT molecular complexity index is 410. The van der Waals surface area contributed by atoms with E-state index in [-0.39, 0.29) is 0 Å². The quantitative estimate of drug-likeness (QED) is 0.780. The number of thioether (sulfide) groups is 1. The van der Waals surface area contributed by atoms with Gasteiger partial charge in [0.25, 0.3) is 0 Å². The molecule has 0 atom stereocenters. The second-order valence-corrected chi connectivity index (χ2v) is 4.05. The lowest BCUT2D eigenvalue weighted by Gasteiger charge is -2.04. The first-order valence-electron chi connectivity index (χ1n) is 4.59. The van der Waals surface area contributed by atoms with Gasteiger partial charge in [0, 0.05) is 22.9 Å². The van der Waals surface area contributed by atoms with Crippen molar-refractivity contribution in [2.75, 3.05) is 18.6 Å². The van der Waals surface area contributed by atoms with Crippen molar-refractivity contribution in [3.05, 3.63) is 30.5 Å². The van der Waals surface area contributed by atoms with Gasteiger partial charge < -0.3 is 9.72 Å². The smallest absolute Gasteiger partial charge is 0.120 e. The van der Waals surface area contributed by atoms with E-state index in [4.69, 9.17) is 4.74 Å². The summed E-state index contributed by atoms with van der Waals surface area (Å²) in [6.45, 7) is 0.775. The number of fused-ring (bicyclic) bond motifs is 1. The van der Waals surface area contributed by atoms with Gasteiger partial charge in [0.15, 0.2) is 0 Å². The number of rotatable bonds is 4. The van der Waals surface area contributed by atoms with Gasteiger partial charge in [-0.3, -0.25) is 0 Å². The molecule has 0 saturated heterocycles. The molecule has 1 aromatic carbocycles. The molecule has 0 aliphatic carbocycles. The number of hydrogen-bond acceptors (Lipinski definition) is 2. The molecule has 0 spiro atoms. The largest absolute Gasteiger partial charge is 0.493 e. The van der Waals surface area contributed by atoms with E-state index in [1.54, 1.807) is 11.8 Å². The summed E-state index contributed by atoms with van der Waals surface area (Å²) in [4.78, 5) is 3.15. The van der Waals surface area contributed by atoms with Gasteiger partial charge in [0.05, 0.1) is 6.61 Å². The van der Waals surface area contributed by atoms with Gasteiger partial charge in [-0.25, -0.2) is 0 Å². The van der Waals surface area contributed by atoms with Crippen LogP contribution in [0.1, 0.15) is 0 Å². The highest BCUT2D eigenvalue weighted by molar-refractivity contribution is 7.98. The summed E-state index contributed by atoms with van der Waals surface area (Å²) in [5.41, 5.74) is 1.15. The lowest BCUT2D eigenvalue weighted by molar-refractivity contribution is 0.344. The molecule has 2 nitrogen and oxygen atoms in total. The molecule has 0 unspecified atom stereocenters. The van der Waals surface area contributed by atoms with Crippen LogP contribution in [0.15, 0.2) is 30.5 Å². The standard InChI is InChI=1S/C11H13NOS/c1-14-7-6-13-10-2-3-11-9(8-10)4-5-12-11/h2-5,8,12H,6-7H2,1H3. The second kappa shape index (κ2) is 4.42. The van der Waals surface area contributed by atoms with Gasteiger partial charge in [-0.1, -0.05) is 0 Å². The Labute approximate surface area is 87.7 Å². The first kappa shape index (κ1) is 9.46. The van der Waals surface area contributed by atoms with Gasteiger partial charge in [0.2, 0.25) is 0 Å². The summed E-state index contributed by atoms with van der Waals surface area (Å²) in [6, 6.07) is 8.16. The lowest BCUT2D eigenvalue weighted by atomic mass is 10.2. The van der Waals surface area contributed by atoms with Crippen LogP contribution in [0.3, 0.4) is 0 Å². The fourth-order valence-corrected chi connectivity index (χ4v) is 1.61. The zero-order valence-electron chi connectivity index (χ0n) is 8.12. The summed E-state index contributed by atoms with van der Waals surface area (Å²) in [5.74, 6) is 1.98. The fourth-order valence-electron chi connectivity index (χ4n) is 1.36. The van der Waals surface area contributed by atoms with Crippen LogP contribution < -0.4 is 4.74 Å². The van der Waals surface area contributed by atoms with E-state index in [9.17, 15) is 0 Å². The summed E-state index contributed by atoms with van der Waals surface area (Å²) < 4.78 is 5.59. The summed E-state index contributed by atoms with van der Waals surface area (Å²) in [7, 11) is 0. The molecule has 0 fully saturated rings. The van der Waals surface area contributed by atoms with Crippen LogP contribution in [-0.2, 0) is 0 Å². The number of aromatic nitrogens is 1. The van der Waals surface area contributed by atoms with E-state index >= 15 is 0 Å². The Morgan fingerprint density at radius 3 is 3.14 bits per heavy atom. The summed E-state index contributed by atoms with van der Waals surface area (Å²) >= 11 is 1.79. The molecule has 0 radical (unpaired) electrons. The molecule has 14 heavy (non-hydrogen) atoms. The van der Waals surface area contributed by atoms with Crippen molar-refractivity contribution in [2.45, 2.75) is 0 Å². The fraction of sp³-hybridized carbons (Fsp3) is 0.273. The molecule has 3 heteroatoms. The molecular weight excluding hydrogens is 194 g/mol. The summed E-state index contributed by atoms with van der Waals surface area (Å²) in [6.07, 6.45) is 4.02. The molecule has 0 bridgehead atoms. The van der Waals surface area contributed by atoms with Crippen molar-refractivity contribution in [1.82, 2.24) is 4.98 Å². The Balaban J connectivity index is 2.10. The van der Waals surface area contributed by atoms with Crippen LogP contribution in [0.25, 0.3) is 10.9 Å². The van der Waals surface area contributed by atoms with Crippen LogP contribution in [0, 0.1) is 0 Å². The molecule has 1 N–H and O–H groups in total. The van der Waals surface area contributed by atoms with Gasteiger partial charge in [-0.15, -0.1) is 0 Å². The van der Waals surface area contributed by atoms with E-state index in [0.717, 1.165) is 23.6 Å². The van der Waals surface area contributed by atoms with Gasteiger partial charge in [-0.2, -0.15) is 11.8 Å². The molecule has 0 amide bonds. The second-order valence-electron chi connectivity index (χ2n) is 3.07. The third-order valence-electron chi connectivity index (χ3n) is 2.08. The Morgan fingerprint density at radius 1 is 1.36 bits per heavy atom. The van der Waals surface area contributed by atoms with E-state index in [1.165, 1.54) is 5.39 Å². The number of aromatic amines is 1. The highest BCUT2D eigenvalue weighted by Gasteiger charge is 1.97. The Hall–Kier alpha value is -1.09. The van der Waals surface area contributed by atoms with Crippen LogP contribution >= 0.6 is 11.8 Å². The monoisotopic (exact) mass is 207 g/mol. The molecular formula is C11H13NOS. The number of hydrogen-bond donors (Lipinski definition) is 1. The van der Waals surface area contributed by atoms with Crippen LogP contribution in [0.2, 0.25) is 0 Å². The molecule has 0 saturated carbocycles. The van der Waals surface area contributed by atoms with Crippen molar-refractivity contribution in [1.29, 1.82) is 0 Å². The Morgan fingerprint density at radius 2 is 2.29 bits per heavy atom. The number of H-pyrrole nitrogens is 1. The minimum atomic E-state index is 0.775. The van der Waals surface area contributed by atoms with Crippen LogP contribution in [0.5, 0.6) is 5.75 Å². The van der Waals surface area contributed by atoms with Gasteiger partial charge in [-0.05, 0) is 30.5 Å². The molecule has 74 valence electrons. The van der Waals surface area contributed by atoms with Crippen molar-refractivity contribution in [3.63, 3.8) is 0 Å². The molecule has 0 aliphatic heterocycles. The van der Waals surface area contributed by atoms with E-state index < -0.39 is 0 Å². The van der Waals surface area contributed by atoms with Crippen LogP contribution in [0.4, 0.5) is 0 Å². The number of benzene rings is 1.